The minimum absolute atomic E-state index is 0.0151. The van der Waals surface area contributed by atoms with E-state index < -0.39 is 0 Å². The Balaban J connectivity index is 1.61. The summed E-state index contributed by atoms with van der Waals surface area (Å²) in [6.07, 6.45) is 12.1. The third-order valence-corrected chi connectivity index (χ3v) is 6.84. The quantitative estimate of drug-likeness (QED) is 0.424. The van der Waals surface area contributed by atoms with Crippen molar-refractivity contribution in [1.82, 2.24) is 24.3 Å². The van der Waals surface area contributed by atoms with Crippen molar-refractivity contribution in [2.75, 3.05) is 13.2 Å². The Morgan fingerprint density at radius 3 is 2.82 bits per heavy atom. The zero-order valence-corrected chi connectivity index (χ0v) is 19.6. The Labute approximate surface area is 196 Å². The van der Waals surface area contributed by atoms with Gasteiger partial charge < -0.3 is 9.15 Å². The van der Waals surface area contributed by atoms with Gasteiger partial charge in [0.1, 0.15) is 23.3 Å². The van der Waals surface area contributed by atoms with E-state index in [0.717, 1.165) is 53.4 Å². The summed E-state index contributed by atoms with van der Waals surface area (Å²) in [7, 11) is 1.84. The Kier molecular flexibility index (Phi) is 4.95. The second kappa shape index (κ2) is 8.02. The molecule has 4 aromatic rings. The summed E-state index contributed by atoms with van der Waals surface area (Å²) in [6.45, 7) is 5.77. The van der Waals surface area contributed by atoms with Crippen molar-refractivity contribution in [3.63, 3.8) is 0 Å². The summed E-state index contributed by atoms with van der Waals surface area (Å²) in [4.78, 5) is 22.6. The lowest BCUT2D eigenvalue weighted by Gasteiger charge is -2.30. The fourth-order valence-electron chi connectivity index (χ4n) is 4.96. The molecule has 2 unspecified atom stereocenters. The number of aryl methyl sites for hydroxylation is 1. The molecule has 6 heterocycles. The predicted molar refractivity (Wildman–Crippen MR) is 129 cm³/mol. The zero-order valence-electron chi connectivity index (χ0n) is 19.6. The first-order valence-corrected chi connectivity index (χ1v) is 11.8. The first-order chi connectivity index (χ1) is 16.6. The van der Waals surface area contributed by atoms with Gasteiger partial charge in [0.15, 0.2) is 18.0 Å². The maximum atomic E-state index is 13.5. The molecule has 2 atom stereocenters. The Morgan fingerprint density at radius 1 is 1.24 bits per heavy atom. The molecular weight excluding hydrogens is 432 g/mol. The monoisotopic (exact) mass is 459 g/mol. The van der Waals surface area contributed by atoms with Gasteiger partial charge >= 0.3 is 5.69 Å². The van der Waals surface area contributed by atoms with Crippen LogP contribution >= 0.6 is 0 Å². The predicted octanol–water partition coefficient (Wildman–Crippen LogP) is 3.53. The van der Waals surface area contributed by atoms with Crippen LogP contribution in [0.2, 0.25) is 0 Å². The summed E-state index contributed by atoms with van der Waals surface area (Å²) in [5, 5.41) is 5.09. The van der Waals surface area contributed by atoms with E-state index in [1.165, 1.54) is 0 Å². The summed E-state index contributed by atoms with van der Waals surface area (Å²) in [6, 6.07) is 2.06. The van der Waals surface area contributed by atoms with E-state index in [0.29, 0.717) is 23.6 Å². The van der Waals surface area contributed by atoms with Crippen LogP contribution in [-0.4, -0.2) is 54.4 Å². The summed E-state index contributed by atoms with van der Waals surface area (Å²) in [5.74, 6) is 0. The van der Waals surface area contributed by atoms with Crippen LogP contribution in [0.1, 0.15) is 44.7 Å². The molecule has 2 aliphatic rings. The molecule has 0 bridgehead atoms. The highest BCUT2D eigenvalue weighted by Crippen LogP contribution is 2.37. The van der Waals surface area contributed by atoms with Gasteiger partial charge in [0.2, 0.25) is 5.71 Å². The Bertz CT molecular complexity index is 1540. The molecule has 1 fully saturated rings. The van der Waals surface area contributed by atoms with Gasteiger partial charge in [-0.25, -0.2) is 14.4 Å². The fraction of sp³-hybridized carbons (Fsp3) is 0.400. The van der Waals surface area contributed by atoms with Gasteiger partial charge in [0, 0.05) is 43.2 Å². The standard InChI is InChI=1S/C25H27N6O3/c1-4-19-9-18(6-7-33-19)31-22-20-8-15(17-13-30(5-2)14-17)10-26-24(20)34-23(22)21(28-25(31)32)16-11-27-29(3)12-16/h8,10-14,18-19H,4-7,9H2,1-3H3/q+1. The molecule has 6 rings (SSSR count). The number of hydrogen-bond donors (Lipinski definition) is 0. The number of aromatic nitrogens is 5. The third-order valence-electron chi connectivity index (χ3n) is 6.84. The van der Waals surface area contributed by atoms with Gasteiger partial charge in [-0.3, -0.25) is 9.25 Å². The van der Waals surface area contributed by atoms with Gasteiger partial charge in [-0.05, 0) is 32.3 Å². The molecule has 2 aliphatic heterocycles. The van der Waals surface area contributed by atoms with Crippen LogP contribution in [0, 0.1) is 0 Å². The average Bonchev–Trinajstić information content (AvgIpc) is 3.41. The van der Waals surface area contributed by atoms with Crippen LogP contribution < -0.4 is 5.69 Å². The molecule has 174 valence electrons. The molecule has 1 saturated heterocycles. The maximum absolute atomic E-state index is 13.5. The summed E-state index contributed by atoms with van der Waals surface area (Å²) < 4.78 is 17.8. The van der Waals surface area contributed by atoms with E-state index >= 15 is 0 Å². The molecule has 0 spiro atoms. The highest BCUT2D eigenvalue weighted by Gasteiger charge is 2.29. The molecule has 34 heavy (non-hydrogen) atoms. The first kappa shape index (κ1) is 21.0. The van der Waals surface area contributed by atoms with E-state index in [1.807, 2.05) is 24.0 Å². The van der Waals surface area contributed by atoms with E-state index in [4.69, 9.17) is 9.15 Å². The smallest absolute Gasteiger partial charge is 0.349 e. The first-order valence-electron chi connectivity index (χ1n) is 11.8. The van der Waals surface area contributed by atoms with Crippen molar-refractivity contribution in [1.29, 1.82) is 0 Å². The number of pyridine rings is 1. The van der Waals surface area contributed by atoms with Gasteiger partial charge in [0.25, 0.3) is 0 Å². The third kappa shape index (κ3) is 3.30. The van der Waals surface area contributed by atoms with Crippen LogP contribution in [0.3, 0.4) is 0 Å². The number of ether oxygens (including phenoxy) is 1. The van der Waals surface area contributed by atoms with E-state index in [-0.39, 0.29) is 17.8 Å². The summed E-state index contributed by atoms with van der Waals surface area (Å²) >= 11 is 0. The molecule has 0 aromatic carbocycles. The van der Waals surface area contributed by atoms with Crippen LogP contribution in [-0.2, 0) is 11.8 Å². The van der Waals surface area contributed by atoms with Crippen molar-refractivity contribution < 1.29 is 13.7 Å². The van der Waals surface area contributed by atoms with Gasteiger partial charge in [0.05, 0.1) is 17.7 Å². The largest absolute Gasteiger partial charge is 0.434 e. The van der Waals surface area contributed by atoms with Crippen LogP contribution in [0.15, 0.2) is 40.1 Å². The number of rotatable bonds is 5. The van der Waals surface area contributed by atoms with Gasteiger partial charge in [-0.15, -0.1) is 0 Å². The fourth-order valence-corrected chi connectivity index (χ4v) is 4.96. The molecular formula is C25H27N6O3+. The molecule has 9 nitrogen and oxygen atoms in total. The zero-order chi connectivity index (χ0) is 23.4. The number of hydrogen-bond acceptors (Lipinski definition) is 6. The van der Waals surface area contributed by atoms with Crippen molar-refractivity contribution in [2.45, 2.75) is 45.3 Å². The lowest BCUT2D eigenvalue weighted by Crippen LogP contribution is -2.34. The molecule has 0 radical (unpaired) electrons. The van der Waals surface area contributed by atoms with Crippen LogP contribution in [0.25, 0.3) is 39.0 Å². The maximum Gasteiger partial charge on any atom is 0.349 e. The number of allylic oxidation sites excluding steroid dienone is 1. The van der Waals surface area contributed by atoms with Crippen LogP contribution in [0.4, 0.5) is 0 Å². The number of furan rings is 1. The number of nitrogens with zero attached hydrogens (tertiary/aromatic N) is 6. The van der Waals surface area contributed by atoms with Crippen LogP contribution in [0.5, 0.6) is 0 Å². The number of fused-ring (bicyclic) bond motifs is 3. The molecule has 0 N–H and O–H groups in total. The van der Waals surface area contributed by atoms with Crippen molar-refractivity contribution in [2.24, 2.45) is 7.05 Å². The second-order valence-corrected chi connectivity index (χ2v) is 9.00. The average molecular weight is 460 g/mol. The minimum atomic E-state index is -0.284. The van der Waals surface area contributed by atoms with Crippen molar-refractivity contribution in [3.05, 3.63) is 46.9 Å². The van der Waals surface area contributed by atoms with Gasteiger partial charge in [-0.2, -0.15) is 10.1 Å². The molecule has 4 aromatic heterocycles. The Morgan fingerprint density at radius 2 is 2.09 bits per heavy atom. The molecule has 0 saturated carbocycles. The van der Waals surface area contributed by atoms with Gasteiger partial charge in [-0.1, -0.05) is 6.92 Å². The highest BCUT2D eigenvalue weighted by molar-refractivity contribution is 6.12. The van der Waals surface area contributed by atoms with E-state index in [9.17, 15) is 4.79 Å². The highest BCUT2D eigenvalue weighted by atomic mass is 16.5. The van der Waals surface area contributed by atoms with E-state index in [1.54, 1.807) is 10.9 Å². The topological polar surface area (TPSA) is 91.0 Å². The molecule has 9 heteroatoms. The summed E-state index contributed by atoms with van der Waals surface area (Å²) in [5.41, 5.74) is 4.86. The van der Waals surface area contributed by atoms with Crippen molar-refractivity contribution in [3.8, 4) is 11.3 Å². The lowest BCUT2D eigenvalue weighted by atomic mass is 10.0. The molecule has 0 amide bonds. The normalized spacial score (nSPS) is 20.4. The van der Waals surface area contributed by atoms with E-state index in [2.05, 4.69) is 52.0 Å². The minimum Gasteiger partial charge on any atom is -0.434 e. The molecule has 0 aliphatic carbocycles. The van der Waals surface area contributed by atoms with Crippen molar-refractivity contribution >= 4 is 34.0 Å². The Hall–Kier alpha value is -3.59. The SMILES string of the molecule is CCC1CC(n2c(=O)nc(-c3cnn(C)c3)c3oc4ncc(C5=C[N+](CC)=C5)cc4c32)CCO1. The lowest BCUT2D eigenvalue weighted by molar-refractivity contribution is -0.454. The second-order valence-electron chi connectivity index (χ2n) is 9.00.